The number of aromatic nitrogens is 2. The van der Waals surface area contributed by atoms with Crippen molar-refractivity contribution in [1.29, 1.82) is 0 Å². The molecule has 3 aromatic rings. The lowest BCUT2D eigenvalue weighted by molar-refractivity contribution is 0.0697. The number of nitrogens with zero attached hydrogens (tertiary/aromatic N) is 3. The molecule has 0 amide bonds. The molecule has 0 spiro atoms. The molecule has 6 heteroatoms. The highest BCUT2D eigenvalue weighted by atomic mass is 32.2. The first-order valence-corrected chi connectivity index (χ1v) is 10.1. The summed E-state index contributed by atoms with van der Waals surface area (Å²) in [5.41, 5.74) is 3.57. The Labute approximate surface area is 169 Å². The Hall–Kier alpha value is -2.86. The van der Waals surface area contributed by atoms with Gasteiger partial charge in [0.25, 0.3) is 0 Å². The second-order valence-electron chi connectivity index (χ2n) is 6.49. The number of carboxylic acids is 1. The minimum Gasteiger partial charge on any atom is -0.478 e. The number of aryl methyl sites for hydroxylation is 1. The Morgan fingerprint density at radius 1 is 1.04 bits per heavy atom. The predicted molar refractivity (Wildman–Crippen MR) is 113 cm³/mol. The fourth-order valence-electron chi connectivity index (χ4n) is 2.73. The largest absolute Gasteiger partial charge is 0.478 e. The zero-order valence-electron chi connectivity index (χ0n) is 16.0. The summed E-state index contributed by atoms with van der Waals surface area (Å²) < 4.78 is 0. The summed E-state index contributed by atoms with van der Waals surface area (Å²) in [6.45, 7) is 2.87. The molecule has 1 N–H and O–H groups in total. The summed E-state index contributed by atoms with van der Waals surface area (Å²) in [7, 11) is 2.04. The van der Waals surface area contributed by atoms with Crippen LogP contribution >= 0.6 is 11.8 Å². The van der Waals surface area contributed by atoms with E-state index in [1.54, 1.807) is 23.9 Å². The smallest absolute Gasteiger partial charge is 0.335 e. The number of aromatic carboxylic acids is 1. The zero-order valence-corrected chi connectivity index (χ0v) is 16.8. The number of hydrogen-bond donors (Lipinski definition) is 1. The molecule has 1 aromatic heterocycles. The van der Waals surface area contributed by atoms with E-state index in [9.17, 15) is 4.79 Å². The molecule has 0 radical (unpaired) electrons. The van der Waals surface area contributed by atoms with E-state index in [1.807, 2.05) is 43.4 Å². The van der Waals surface area contributed by atoms with Crippen LogP contribution in [0.2, 0.25) is 0 Å². The summed E-state index contributed by atoms with van der Waals surface area (Å²) in [6.07, 6.45) is 0.843. The molecule has 0 saturated heterocycles. The number of thioether (sulfide) groups is 1. The van der Waals surface area contributed by atoms with Gasteiger partial charge in [0.05, 0.1) is 5.56 Å². The Morgan fingerprint density at radius 2 is 1.75 bits per heavy atom. The normalized spacial score (nSPS) is 10.6. The molecule has 28 heavy (non-hydrogen) atoms. The van der Waals surface area contributed by atoms with Crippen molar-refractivity contribution in [1.82, 2.24) is 9.97 Å². The Balaban J connectivity index is 1.72. The minimum absolute atomic E-state index is 0.294. The summed E-state index contributed by atoms with van der Waals surface area (Å²) >= 11 is 1.56. The molecule has 2 aromatic carbocycles. The maximum Gasteiger partial charge on any atom is 0.335 e. The molecule has 0 saturated carbocycles. The molecule has 3 rings (SSSR count). The standard InChI is InChI=1S/C22H23N3O2S/c1-3-19-13-20(25(2)14-16-7-5-4-6-8-16)24-22(23-19)28-15-17-9-11-18(12-10-17)21(26)27/h4-13H,3,14-15H2,1-2H3,(H,26,27). The molecule has 5 nitrogen and oxygen atoms in total. The van der Waals surface area contributed by atoms with E-state index in [-0.39, 0.29) is 0 Å². The van der Waals surface area contributed by atoms with E-state index < -0.39 is 5.97 Å². The number of benzene rings is 2. The monoisotopic (exact) mass is 393 g/mol. The van der Waals surface area contributed by atoms with Crippen LogP contribution < -0.4 is 4.90 Å². The molecule has 0 aliphatic heterocycles. The van der Waals surface area contributed by atoms with Crippen molar-refractivity contribution in [2.75, 3.05) is 11.9 Å². The maximum absolute atomic E-state index is 11.0. The number of carboxylic acid groups (broad SMARTS) is 1. The summed E-state index contributed by atoms with van der Waals surface area (Å²) in [6, 6.07) is 19.3. The first kappa shape index (κ1) is 19.9. The van der Waals surface area contributed by atoms with Gasteiger partial charge in [-0.25, -0.2) is 14.8 Å². The van der Waals surface area contributed by atoms with Crippen LogP contribution in [-0.4, -0.2) is 28.1 Å². The van der Waals surface area contributed by atoms with Crippen LogP contribution in [0.5, 0.6) is 0 Å². The van der Waals surface area contributed by atoms with Crippen molar-refractivity contribution in [2.45, 2.75) is 30.8 Å². The van der Waals surface area contributed by atoms with Crippen LogP contribution in [0.3, 0.4) is 0 Å². The molecule has 0 aliphatic rings. The van der Waals surface area contributed by atoms with E-state index in [1.165, 1.54) is 5.56 Å². The van der Waals surface area contributed by atoms with Gasteiger partial charge >= 0.3 is 5.97 Å². The molecule has 0 unspecified atom stereocenters. The zero-order chi connectivity index (χ0) is 19.9. The third-order valence-electron chi connectivity index (χ3n) is 4.33. The average molecular weight is 394 g/mol. The second kappa shape index (κ2) is 9.37. The topological polar surface area (TPSA) is 66.3 Å². The van der Waals surface area contributed by atoms with E-state index in [4.69, 9.17) is 10.1 Å². The first-order chi connectivity index (χ1) is 13.5. The summed E-state index contributed by atoms with van der Waals surface area (Å²) in [4.78, 5) is 22.4. The lowest BCUT2D eigenvalue weighted by Gasteiger charge is -2.19. The number of anilines is 1. The Morgan fingerprint density at radius 3 is 2.39 bits per heavy atom. The van der Waals surface area contributed by atoms with E-state index in [0.29, 0.717) is 11.3 Å². The van der Waals surface area contributed by atoms with Crippen LogP contribution in [0.15, 0.2) is 65.8 Å². The third-order valence-corrected chi connectivity index (χ3v) is 5.25. The molecular weight excluding hydrogens is 370 g/mol. The minimum atomic E-state index is -0.913. The average Bonchev–Trinajstić information content (AvgIpc) is 2.73. The van der Waals surface area contributed by atoms with Gasteiger partial charge in [-0.05, 0) is 29.7 Å². The van der Waals surface area contributed by atoms with Crippen molar-refractivity contribution in [3.05, 3.63) is 83.0 Å². The van der Waals surface area contributed by atoms with Crippen molar-refractivity contribution in [2.24, 2.45) is 0 Å². The van der Waals surface area contributed by atoms with E-state index in [2.05, 4.69) is 28.9 Å². The summed E-state index contributed by atoms with van der Waals surface area (Å²) in [5, 5.41) is 9.73. The van der Waals surface area contributed by atoms with Gasteiger partial charge in [0, 0.05) is 31.1 Å². The van der Waals surface area contributed by atoms with Crippen LogP contribution in [0.25, 0.3) is 0 Å². The third kappa shape index (κ3) is 5.33. The predicted octanol–water partition coefficient (Wildman–Crippen LogP) is 4.67. The van der Waals surface area contributed by atoms with Gasteiger partial charge < -0.3 is 10.0 Å². The van der Waals surface area contributed by atoms with Crippen LogP contribution in [0, 0.1) is 0 Å². The quantitative estimate of drug-likeness (QED) is 0.443. The van der Waals surface area contributed by atoms with Crippen molar-refractivity contribution < 1.29 is 9.90 Å². The highest BCUT2D eigenvalue weighted by Gasteiger charge is 2.10. The van der Waals surface area contributed by atoms with Crippen molar-refractivity contribution in [3.8, 4) is 0 Å². The van der Waals surface area contributed by atoms with Gasteiger partial charge in [-0.2, -0.15) is 0 Å². The number of hydrogen-bond acceptors (Lipinski definition) is 5. The van der Waals surface area contributed by atoms with Gasteiger partial charge in [0.2, 0.25) is 0 Å². The Bertz CT molecular complexity index is 930. The fourth-order valence-corrected chi connectivity index (χ4v) is 3.56. The van der Waals surface area contributed by atoms with Gasteiger partial charge in [0.15, 0.2) is 5.16 Å². The maximum atomic E-state index is 11.0. The molecule has 0 aliphatic carbocycles. The van der Waals surface area contributed by atoms with Crippen LogP contribution in [0.1, 0.15) is 34.1 Å². The van der Waals surface area contributed by atoms with Gasteiger partial charge in [-0.1, -0.05) is 61.2 Å². The van der Waals surface area contributed by atoms with Gasteiger partial charge in [-0.3, -0.25) is 0 Å². The van der Waals surface area contributed by atoms with Gasteiger partial charge in [-0.15, -0.1) is 0 Å². The highest BCUT2D eigenvalue weighted by Crippen LogP contribution is 2.23. The molecule has 0 atom stereocenters. The number of carbonyl (C=O) groups is 1. The van der Waals surface area contributed by atoms with Crippen LogP contribution in [0.4, 0.5) is 5.82 Å². The van der Waals surface area contributed by atoms with Crippen molar-refractivity contribution in [3.63, 3.8) is 0 Å². The fraction of sp³-hybridized carbons (Fsp3) is 0.227. The lowest BCUT2D eigenvalue weighted by Crippen LogP contribution is -2.18. The van der Waals surface area contributed by atoms with Crippen LogP contribution in [-0.2, 0) is 18.7 Å². The molecule has 144 valence electrons. The molecule has 0 fully saturated rings. The van der Waals surface area contributed by atoms with Crippen molar-refractivity contribution >= 4 is 23.5 Å². The molecule has 1 heterocycles. The Kier molecular flexibility index (Phi) is 6.66. The summed E-state index contributed by atoms with van der Waals surface area (Å²) in [5.74, 6) is 0.679. The first-order valence-electron chi connectivity index (χ1n) is 9.13. The molecular formula is C22H23N3O2S. The highest BCUT2D eigenvalue weighted by molar-refractivity contribution is 7.98. The SMILES string of the molecule is CCc1cc(N(C)Cc2ccccc2)nc(SCc2ccc(C(=O)O)cc2)n1. The van der Waals surface area contributed by atoms with Gasteiger partial charge in [0.1, 0.15) is 5.82 Å². The number of rotatable bonds is 8. The lowest BCUT2D eigenvalue weighted by atomic mass is 10.1. The van der Waals surface area contributed by atoms with E-state index in [0.717, 1.165) is 35.2 Å². The van der Waals surface area contributed by atoms with E-state index >= 15 is 0 Å². The molecule has 0 bridgehead atoms. The second-order valence-corrected chi connectivity index (χ2v) is 7.43.